The van der Waals surface area contributed by atoms with Crippen molar-refractivity contribution in [2.45, 2.75) is 77.7 Å². The van der Waals surface area contributed by atoms with Gasteiger partial charge in [-0.25, -0.2) is 0 Å². The number of ether oxygens (including phenoxy) is 1. The number of carbonyl (C=O) groups is 3. The molecule has 3 aromatic rings. The number of hydrogen-bond acceptors (Lipinski definition) is 7. The Morgan fingerprint density at radius 3 is 2.44 bits per heavy atom. The number of phenolic OH excluding ortho intramolecular Hbond substituents is 3. The van der Waals surface area contributed by atoms with Crippen molar-refractivity contribution < 1.29 is 34.4 Å². The number of ketones is 2. The van der Waals surface area contributed by atoms with Gasteiger partial charge in [0.25, 0.3) is 0 Å². The lowest BCUT2D eigenvalue weighted by Crippen LogP contribution is -2.45. The van der Waals surface area contributed by atoms with E-state index in [1.807, 2.05) is 19.1 Å². The number of fused-ring (bicyclic) bond motifs is 7. The number of esters is 1. The van der Waals surface area contributed by atoms with E-state index in [0.717, 1.165) is 19.3 Å². The molecule has 3 aromatic carbocycles. The molecule has 0 saturated heterocycles. The second-order valence-corrected chi connectivity index (χ2v) is 12.8. The molecule has 0 spiro atoms. The maximum Gasteiger partial charge on any atom is 0.305 e. The highest BCUT2D eigenvalue weighted by Crippen LogP contribution is 2.61. The van der Waals surface area contributed by atoms with Crippen molar-refractivity contribution in [3.8, 4) is 17.2 Å². The minimum absolute atomic E-state index is 0.0374. The van der Waals surface area contributed by atoms with Crippen molar-refractivity contribution in [2.75, 3.05) is 0 Å². The van der Waals surface area contributed by atoms with E-state index in [4.69, 9.17) is 4.74 Å². The van der Waals surface area contributed by atoms with Gasteiger partial charge in [-0.1, -0.05) is 32.0 Å². The van der Waals surface area contributed by atoms with Crippen LogP contribution in [-0.4, -0.2) is 39.0 Å². The third-order valence-corrected chi connectivity index (χ3v) is 10.4. The van der Waals surface area contributed by atoms with E-state index in [0.29, 0.717) is 35.5 Å². The molecule has 0 bridgehead atoms. The molecule has 0 amide bonds. The predicted octanol–water partition coefficient (Wildman–Crippen LogP) is 6.75. The van der Waals surface area contributed by atoms with Crippen LogP contribution >= 0.6 is 0 Å². The van der Waals surface area contributed by atoms with Crippen molar-refractivity contribution in [3.05, 3.63) is 87.5 Å². The van der Waals surface area contributed by atoms with Gasteiger partial charge in [-0.2, -0.15) is 0 Å². The minimum atomic E-state index is -0.528. The number of carbonyl (C=O) groups excluding carboxylic acids is 3. The molecular weight excluding hydrogens is 544 g/mol. The van der Waals surface area contributed by atoms with Crippen molar-refractivity contribution in [2.24, 2.45) is 17.3 Å². The van der Waals surface area contributed by atoms with Crippen LogP contribution in [0.5, 0.6) is 17.2 Å². The minimum Gasteiger partial charge on any atom is -0.508 e. The maximum atomic E-state index is 12.3. The highest BCUT2D eigenvalue weighted by Gasteiger charge is 2.56. The van der Waals surface area contributed by atoms with E-state index < -0.39 is 5.78 Å². The van der Waals surface area contributed by atoms with Crippen LogP contribution in [0.4, 0.5) is 0 Å². The van der Waals surface area contributed by atoms with Crippen LogP contribution in [0.3, 0.4) is 0 Å². The molecule has 2 fully saturated rings. The Morgan fingerprint density at radius 1 is 0.907 bits per heavy atom. The summed E-state index contributed by atoms with van der Waals surface area (Å²) in [6.45, 7) is 5.97. The molecular formula is C36H38O7. The molecule has 4 aliphatic rings. The van der Waals surface area contributed by atoms with Gasteiger partial charge in [-0.3, -0.25) is 14.4 Å². The van der Waals surface area contributed by atoms with Crippen LogP contribution < -0.4 is 0 Å². The number of benzene rings is 3. The summed E-state index contributed by atoms with van der Waals surface area (Å²) in [5.41, 5.74) is 3.92. The largest absolute Gasteiger partial charge is 0.508 e. The van der Waals surface area contributed by atoms with Crippen molar-refractivity contribution in [1.82, 2.24) is 0 Å². The van der Waals surface area contributed by atoms with Crippen LogP contribution in [0.1, 0.15) is 107 Å². The SMILES string of the molecule is CCC(=O)OC1CCC2C3CCc4cc(O)ccc4C3CCC12C.Cc1cc(O)c2c(c1)C(=O)c1cccc(O)c1C2=O. The second-order valence-electron chi connectivity index (χ2n) is 12.8. The normalized spacial score (nSPS) is 26.6. The van der Waals surface area contributed by atoms with E-state index >= 15 is 0 Å². The summed E-state index contributed by atoms with van der Waals surface area (Å²) in [6.07, 6.45) is 7.38. The number of phenols is 3. The molecule has 224 valence electrons. The second kappa shape index (κ2) is 10.9. The fourth-order valence-corrected chi connectivity index (χ4v) is 8.38. The zero-order valence-electron chi connectivity index (χ0n) is 24.9. The van der Waals surface area contributed by atoms with Crippen LogP contribution in [0.15, 0.2) is 48.5 Å². The number of aromatic hydroxyl groups is 3. The quantitative estimate of drug-likeness (QED) is 0.224. The van der Waals surface area contributed by atoms with Crippen molar-refractivity contribution in [3.63, 3.8) is 0 Å². The van der Waals surface area contributed by atoms with Crippen molar-refractivity contribution >= 4 is 17.5 Å². The Kier molecular flexibility index (Phi) is 7.31. The van der Waals surface area contributed by atoms with E-state index in [9.17, 15) is 29.7 Å². The highest BCUT2D eigenvalue weighted by molar-refractivity contribution is 6.30. The third kappa shape index (κ3) is 4.79. The standard InChI is InChI=1S/C21H28O3.C15H10O4/c1-3-20(23)24-19-9-8-18-17-6-4-13-12-14(22)5-7-15(13)16(17)10-11-21(18,19)2;1-7-5-9-13(11(17)6-7)15(19)12-8(14(9)18)3-2-4-10(12)16/h5,7,12,16-19,22H,3-4,6,8-11H2,1-2H3;2-6,16-17H,1H3. The molecule has 5 unspecified atom stereocenters. The van der Waals surface area contributed by atoms with Gasteiger partial charge < -0.3 is 20.1 Å². The van der Waals surface area contributed by atoms with Gasteiger partial charge >= 0.3 is 5.97 Å². The van der Waals surface area contributed by atoms with Gasteiger partial charge in [0, 0.05) is 23.0 Å². The average Bonchev–Trinajstić information content (AvgIpc) is 3.31. The van der Waals surface area contributed by atoms with Crippen molar-refractivity contribution in [1.29, 1.82) is 0 Å². The fraction of sp³-hybridized carbons (Fsp3) is 0.417. The molecule has 2 saturated carbocycles. The molecule has 3 N–H and O–H groups in total. The van der Waals surface area contributed by atoms with Gasteiger partial charge in [-0.15, -0.1) is 0 Å². The molecule has 43 heavy (non-hydrogen) atoms. The average molecular weight is 583 g/mol. The molecule has 7 heteroatoms. The summed E-state index contributed by atoms with van der Waals surface area (Å²) >= 11 is 0. The van der Waals surface area contributed by atoms with Crippen LogP contribution in [0.2, 0.25) is 0 Å². The fourth-order valence-electron chi connectivity index (χ4n) is 8.38. The molecule has 7 nitrogen and oxygen atoms in total. The third-order valence-electron chi connectivity index (χ3n) is 10.4. The van der Waals surface area contributed by atoms with E-state index in [-0.39, 0.29) is 57.0 Å². The first-order valence-electron chi connectivity index (χ1n) is 15.3. The van der Waals surface area contributed by atoms with E-state index in [1.165, 1.54) is 54.7 Å². The van der Waals surface area contributed by atoms with Gasteiger partial charge in [0.15, 0.2) is 5.78 Å². The first-order chi connectivity index (χ1) is 20.5. The molecule has 0 heterocycles. The van der Waals surface area contributed by atoms with Crippen LogP contribution in [0.25, 0.3) is 0 Å². The molecule has 0 radical (unpaired) electrons. The Morgan fingerprint density at radius 2 is 1.67 bits per heavy atom. The topological polar surface area (TPSA) is 121 Å². The molecule has 0 aliphatic heterocycles. The van der Waals surface area contributed by atoms with E-state index in [2.05, 4.69) is 13.0 Å². The van der Waals surface area contributed by atoms with Gasteiger partial charge in [0.2, 0.25) is 5.78 Å². The zero-order valence-corrected chi connectivity index (χ0v) is 24.9. The molecule has 7 rings (SSSR count). The Hall–Kier alpha value is -4.13. The Bertz CT molecular complexity index is 1640. The summed E-state index contributed by atoms with van der Waals surface area (Å²) in [5.74, 6) is 0.948. The summed E-state index contributed by atoms with van der Waals surface area (Å²) in [6, 6.07) is 13.3. The summed E-state index contributed by atoms with van der Waals surface area (Å²) in [4.78, 5) is 36.5. The smallest absolute Gasteiger partial charge is 0.305 e. The monoisotopic (exact) mass is 582 g/mol. The Balaban J connectivity index is 0.000000157. The summed E-state index contributed by atoms with van der Waals surface area (Å²) in [5, 5.41) is 29.4. The molecule has 5 atom stereocenters. The lowest BCUT2D eigenvalue weighted by atomic mass is 9.55. The first-order valence-corrected chi connectivity index (χ1v) is 15.3. The molecule has 4 aliphatic carbocycles. The Labute approximate surface area is 251 Å². The van der Waals surface area contributed by atoms with Gasteiger partial charge in [0.05, 0.1) is 11.1 Å². The first kappa shape index (κ1) is 29.0. The van der Waals surface area contributed by atoms with Crippen LogP contribution in [-0.2, 0) is 16.0 Å². The number of rotatable bonds is 2. The molecule has 0 aromatic heterocycles. The zero-order chi connectivity index (χ0) is 30.6. The van der Waals surface area contributed by atoms with Crippen LogP contribution in [0, 0.1) is 24.2 Å². The lowest BCUT2D eigenvalue weighted by molar-refractivity contribution is -0.157. The maximum absolute atomic E-state index is 12.3. The lowest BCUT2D eigenvalue weighted by Gasteiger charge is -2.50. The number of hydrogen-bond donors (Lipinski definition) is 3. The highest BCUT2D eigenvalue weighted by atomic mass is 16.5. The van der Waals surface area contributed by atoms with E-state index in [1.54, 1.807) is 13.0 Å². The van der Waals surface area contributed by atoms with Gasteiger partial charge in [0.1, 0.15) is 23.4 Å². The van der Waals surface area contributed by atoms with Gasteiger partial charge in [-0.05, 0) is 110 Å². The predicted molar refractivity (Wildman–Crippen MR) is 161 cm³/mol. The summed E-state index contributed by atoms with van der Waals surface area (Å²) < 4.78 is 5.83. The summed E-state index contributed by atoms with van der Waals surface area (Å²) in [7, 11) is 0. The number of aryl methyl sites for hydroxylation is 2.